The van der Waals surface area contributed by atoms with E-state index in [0.29, 0.717) is 0 Å². The molecule has 0 atom stereocenters. The highest BCUT2D eigenvalue weighted by Gasteiger charge is 1.92. The Morgan fingerprint density at radius 1 is 0.737 bits per heavy atom. The number of hydroxylamine groups is 1. The van der Waals surface area contributed by atoms with E-state index in [1.54, 1.807) is 18.5 Å². The van der Waals surface area contributed by atoms with Gasteiger partial charge in [0.15, 0.2) is 0 Å². The Balaban J connectivity index is 0.000000186. The summed E-state index contributed by atoms with van der Waals surface area (Å²) in [5.41, 5.74) is 5.26. The number of benzene rings is 2. The third kappa shape index (κ3) is 5.13. The van der Waals surface area contributed by atoms with Crippen molar-refractivity contribution in [3.63, 3.8) is 0 Å². The maximum absolute atomic E-state index is 4.55. The van der Waals surface area contributed by atoms with E-state index < -0.39 is 0 Å². The standard InChI is InChI=1S/C13H12.C4H5NO/c1-3-7-12(8-4-1)11-13-9-5-2-6-10-13;1-2-4-6-5-3-1/h1-10H,11H2;1-5H. The second kappa shape index (κ2) is 7.77. The molecule has 2 heteroatoms. The van der Waals surface area contributed by atoms with Crippen molar-refractivity contribution in [2.24, 2.45) is 0 Å². The van der Waals surface area contributed by atoms with Crippen molar-refractivity contribution in [1.29, 1.82) is 0 Å². The highest BCUT2D eigenvalue weighted by atomic mass is 16.6. The van der Waals surface area contributed by atoms with Crippen LogP contribution in [0.2, 0.25) is 0 Å². The zero-order chi connectivity index (χ0) is 13.2. The highest BCUT2D eigenvalue weighted by Crippen LogP contribution is 2.07. The van der Waals surface area contributed by atoms with Crippen LogP contribution in [-0.2, 0) is 11.3 Å². The van der Waals surface area contributed by atoms with Crippen LogP contribution in [0.1, 0.15) is 11.1 Å². The van der Waals surface area contributed by atoms with Gasteiger partial charge in [-0.2, -0.15) is 0 Å². The zero-order valence-corrected chi connectivity index (χ0v) is 10.7. The Hall–Kier alpha value is -2.48. The van der Waals surface area contributed by atoms with Crippen LogP contribution in [0.25, 0.3) is 0 Å². The van der Waals surface area contributed by atoms with E-state index in [4.69, 9.17) is 0 Å². The molecule has 2 aromatic rings. The lowest BCUT2D eigenvalue weighted by Crippen LogP contribution is -2.01. The van der Waals surface area contributed by atoms with Gasteiger partial charge in [-0.1, -0.05) is 60.7 Å². The summed E-state index contributed by atoms with van der Waals surface area (Å²) in [7, 11) is 0. The van der Waals surface area contributed by atoms with Gasteiger partial charge in [-0.15, -0.1) is 0 Å². The SMILES string of the molecule is C1=CNOC=C1.c1ccc(Cc2ccccc2)cc1. The molecule has 0 fully saturated rings. The number of rotatable bonds is 2. The molecule has 0 aliphatic carbocycles. The monoisotopic (exact) mass is 251 g/mol. The molecule has 1 aliphatic rings. The molecule has 2 nitrogen and oxygen atoms in total. The normalized spacial score (nSPS) is 11.8. The number of hydrogen-bond donors (Lipinski definition) is 1. The van der Waals surface area contributed by atoms with Crippen LogP contribution in [-0.4, -0.2) is 0 Å². The van der Waals surface area contributed by atoms with E-state index in [-0.39, 0.29) is 0 Å². The van der Waals surface area contributed by atoms with Crippen LogP contribution in [0.15, 0.2) is 85.3 Å². The van der Waals surface area contributed by atoms with Gasteiger partial charge < -0.3 is 4.84 Å². The summed E-state index contributed by atoms with van der Waals surface area (Å²) in [4.78, 5) is 4.55. The van der Waals surface area contributed by atoms with E-state index in [0.717, 1.165) is 6.42 Å². The van der Waals surface area contributed by atoms with Gasteiger partial charge in [0.1, 0.15) is 6.26 Å². The molecule has 0 saturated carbocycles. The summed E-state index contributed by atoms with van der Waals surface area (Å²) < 4.78 is 0. The van der Waals surface area contributed by atoms with Crippen LogP contribution >= 0.6 is 0 Å². The van der Waals surface area contributed by atoms with Gasteiger partial charge in [-0.05, 0) is 29.7 Å². The van der Waals surface area contributed by atoms with Crippen LogP contribution in [0, 0.1) is 0 Å². The molecular weight excluding hydrogens is 234 g/mol. The van der Waals surface area contributed by atoms with Crippen molar-refractivity contribution in [3.8, 4) is 0 Å². The minimum absolute atomic E-state index is 1.03. The molecule has 1 heterocycles. The summed E-state index contributed by atoms with van der Waals surface area (Å²) in [6.07, 6.45) is 7.96. The molecular formula is C17H17NO. The first-order valence-electron chi connectivity index (χ1n) is 6.26. The quantitative estimate of drug-likeness (QED) is 0.876. The first kappa shape index (κ1) is 13.0. The highest BCUT2D eigenvalue weighted by molar-refractivity contribution is 5.25. The second-order valence-electron chi connectivity index (χ2n) is 4.07. The van der Waals surface area contributed by atoms with Gasteiger partial charge in [0.25, 0.3) is 0 Å². The van der Waals surface area contributed by atoms with Gasteiger partial charge in [0.05, 0.1) is 0 Å². The topological polar surface area (TPSA) is 21.3 Å². The molecule has 1 N–H and O–H groups in total. The van der Waals surface area contributed by atoms with E-state index in [2.05, 4.69) is 71.0 Å². The molecule has 0 radical (unpaired) electrons. The van der Waals surface area contributed by atoms with Crippen LogP contribution in [0.4, 0.5) is 0 Å². The minimum atomic E-state index is 1.03. The largest absolute Gasteiger partial charge is 0.391 e. The van der Waals surface area contributed by atoms with Gasteiger partial charge in [0, 0.05) is 6.20 Å². The Kier molecular flexibility index (Phi) is 5.30. The number of hydrogen-bond acceptors (Lipinski definition) is 2. The average Bonchev–Trinajstić information content (AvgIpc) is 2.52. The molecule has 0 spiro atoms. The predicted molar refractivity (Wildman–Crippen MR) is 78.2 cm³/mol. The maximum atomic E-state index is 4.55. The lowest BCUT2D eigenvalue weighted by Gasteiger charge is -2.00. The van der Waals surface area contributed by atoms with Crippen molar-refractivity contribution in [2.45, 2.75) is 6.42 Å². The van der Waals surface area contributed by atoms with Gasteiger partial charge in [-0.25, -0.2) is 5.48 Å². The van der Waals surface area contributed by atoms with Gasteiger partial charge >= 0.3 is 0 Å². The fourth-order valence-corrected chi connectivity index (χ4v) is 1.69. The molecule has 0 amide bonds. The fourth-order valence-electron chi connectivity index (χ4n) is 1.69. The van der Waals surface area contributed by atoms with E-state index in [9.17, 15) is 0 Å². The molecule has 19 heavy (non-hydrogen) atoms. The number of nitrogens with one attached hydrogen (secondary N) is 1. The molecule has 96 valence electrons. The van der Waals surface area contributed by atoms with E-state index in [1.165, 1.54) is 11.1 Å². The van der Waals surface area contributed by atoms with Crippen LogP contribution in [0.3, 0.4) is 0 Å². The van der Waals surface area contributed by atoms with Crippen LogP contribution < -0.4 is 5.48 Å². The molecule has 0 aromatic heterocycles. The summed E-state index contributed by atoms with van der Waals surface area (Å²) in [6.45, 7) is 0. The van der Waals surface area contributed by atoms with E-state index in [1.807, 2.05) is 6.08 Å². The number of allylic oxidation sites excluding steroid dienone is 2. The lowest BCUT2D eigenvalue weighted by atomic mass is 10.1. The lowest BCUT2D eigenvalue weighted by molar-refractivity contribution is 0.172. The summed E-state index contributed by atoms with van der Waals surface area (Å²) in [5, 5.41) is 0. The summed E-state index contributed by atoms with van der Waals surface area (Å²) in [6, 6.07) is 21.1. The van der Waals surface area contributed by atoms with Crippen molar-refractivity contribution in [2.75, 3.05) is 0 Å². The molecule has 2 aromatic carbocycles. The third-order valence-electron chi connectivity index (χ3n) is 2.58. The predicted octanol–water partition coefficient (Wildman–Crippen LogP) is 3.83. The Morgan fingerprint density at radius 3 is 1.63 bits per heavy atom. The van der Waals surface area contributed by atoms with Crippen molar-refractivity contribution in [1.82, 2.24) is 5.48 Å². The minimum Gasteiger partial charge on any atom is -0.391 e. The second-order valence-corrected chi connectivity index (χ2v) is 4.07. The van der Waals surface area contributed by atoms with Crippen LogP contribution in [0.5, 0.6) is 0 Å². The molecule has 0 saturated heterocycles. The van der Waals surface area contributed by atoms with Crippen molar-refractivity contribution < 1.29 is 4.84 Å². The Bertz CT molecular complexity index is 468. The first-order valence-corrected chi connectivity index (χ1v) is 6.26. The Labute approximate surface area is 114 Å². The van der Waals surface area contributed by atoms with E-state index >= 15 is 0 Å². The molecule has 1 aliphatic heterocycles. The Morgan fingerprint density at radius 2 is 1.32 bits per heavy atom. The van der Waals surface area contributed by atoms with Crippen molar-refractivity contribution in [3.05, 3.63) is 96.4 Å². The third-order valence-corrected chi connectivity index (χ3v) is 2.58. The van der Waals surface area contributed by atoms with Crippen molar-refractivity contribution >= 4 is 0 Å². The summed E-state index contributed by atoms with van der Waals surface area (Å²) in [5.74, 6) is 0. The maximum Gasteiger partial charge on any atom is 0.119 e. The van der Waals surface area contributed by atoms with Gasteiger partial charge in [0.2, 0.25) is 0 Å². The summed E-state index contributed by atoms with van der Waals surface area (Å²) >= 11 is 0. The van der Waals surface area contributed by atoms with Gasteiger partial charge in [-0.3, -0.25) is 0 Å². The average molecular weight is 251 g/mol. The molecule has 0 unspecified atom stereocenters. The fraction of sp³-hybridized carbons (Fsp3) is 0.0588. The molecule has 3 rings (SSSR count). The molecule has 0 bridgehead atoms. The first-order chi connectivity index (χ1) is 9.45. The smallest absolute Gasteiger partial charge is 0.119 e. The zero-order valence-electron chi connectivity index (χ0n) is 10.7.